The van der Waals surface area contributed by atoms with E-state index < -0.39 is 0 Å². The second-order valence-corrected chi connectivity index (χ2v) is 4.52. The molecule has 0 aliphatic carbocycles. The van der Waals surface area contributed by atoms with Crippen LogP contribution < -0.4 is 4.74 Å². The highest BCUT2D eigenvalue weighted by Gasteiger charge is 2.20. The van der Waals surface area contributed by atoms with Gasteiger partial charge in [0.1, 0.15) is 0 Å². The summed E-state index contributed by atoms with van der Waals surface area (Å²) in [5.74, 6) is 0.939. The van der Waals surface area contributed by atoms with E-state index in [0.717, 1.165) is 36.7 Å². The second-order valence-electron chi connectivity index (χ2n) is 4.52. The Hall–Kier alpha value is -1.77. The van der Waals surface area contributed by atoms with E-state index in [1.807, 2.05) is 4.68 Å². The highest BCUT2D eigenvalue weighted by molar-refractivity contribution is 5.68. The summed E-state index contributed by atoms with van der Waals surface area (Å²) in [4.78, 5) is 0. The molecule has 1 aliphatic rings. The zero-order valence-electron chi connectivity index (χ0n) is 10.2. The van der Waals surface area contributed by atoms with E-state index in [9.17, 15) is 0 Å². The molecule has 0 radical (unpaired) electrons. The molecule has 0 spiro atoms. The molecule has 0 bridgehead atoms. The quantitative estimate of drug-likeness (QED) is 0.750. The number of ether oxygens (including phenoxy) is 1. The van der Waals surface area contributed by atoms with Crippen LogP contribution in [-0.2, 0) is 6.54 Å². The van der Waals surface area contributed by atoms with Crippen molar-refractivity contribution in [2.45, 2.75) is 26.8 Å². The monoisotopic (exact) mass is 228 g/mol. The fourth-order valence-corrected chi connectivity index (χ4v) is 2.35. The Labute approximate surface area is 101 Å². The van der Waals surface area contributed by atoms with Crippen molar-refractivity contribution in [3.63, 3.8) is 0 Å². The van der Waals surface area contributed by atoms with Crippen molar-refractivity contribution in [1.82, 2.24) is 9.78 Å². The first-order valence-corrected chi connectivity index (χ1v) is 6.03. The average Bonchev–Trinajstić information content (AvgIpc) is 2.68. The van der Waals surface area contributed by atoms with Crippen molar-refractivity contribution in [2.24, 2.45) is 0 Å². The van der Waals surface area contributed by atoms with Crippen molar-refractivity contribution in [3.8, 4) is 17.1 Å². The summed E-state index contributed by atoms with van der Waals surface area (Å²) in [7, 11) is 0. The third-order valence-electron chi connectivity index (χ3n) is 3.28. The van der Waals surface area contributed by atoms with Gasteiger partial charge < -0.3 is 4.74 Å². The van der Waals surface area contributed by atoms with Gasteiger partial charge in [0, 0.05) is 24.1 Å². The van der Waals surface area contributed by atoms with Gasteiger partial charge in [0.15, 0.2) is 0 Å². The molecule has 0 N–H and O–H groups in total. The maximum absolute atomic E-state index is 5.70. The summed E-state index contributed by atoms with van der Waals surface area (Å²) in [6.07, 6.45) is 1.04. The van der Waals surface area contributed by atoms with Crippen molar-refractivity contribution in [2.75, 3.05) is 6.61 Å². The van der Waals surface area contributed by atoms with Crippen LogP contribution in [0.5, 0.6) is 5.88 Å². The van der Waals surface area contributed by atoms with Crippen LogP contribution >= 0.6 is 0 Å². The van der Waals surface area contributed by atoms with Gasteiger partial charge in [0.2, 0.25) is 5.88 Å². The molecule has 17 heavy (non-hydrogen) atoms. The Morgan fingerprint density at radius 1 is 1.24 bits per heavy atom. The highest BCUT2D eigenvalue weighted by atomic mass is 16.5. The van der Waals surface area contributed by atoms with Crippen LogP contribution in [0.2, 0.25) is 0 Å². The smallest absolute Gasteiger partial charge is 0.215 e. The van der Waals surface area contributed by atoms with Gasteiger partial charge in [-0.3, -0.25) is 0 Å². The summed E-state index contributed by atoms with van der Waals surface area (Å²) in [5.41, 5.74) is 4.67. The second kappa shape index (κ2) is 3.91. The molecule has 3 heteroatoms. The van der Waals surface area contributed by atoms with Gasteiger partial charge in [0.05, 0.1) is 12.3 Å². The van der Waals surface area contributed by atoms with Crippen LogP contribution in [-0.4, -0.2) is 16.4 Å². The first-order chi connectivity index (χ1) is 8.27. The number of aromatic nitrogens is 2. The first-order valence-electron chi connectivity index (χ1n) is 6.03. The lowest BCUT2D eigenvalue weighted by atomic mass is 10.0. The molecule has 0 saturated carbocycles. The van der Waals surface area contributed by atoms with Crippen molar-refractivity contribution < 1.29 is 4.74 Å². The normalized spacial score (nSPS) is 14.2. The average molecular weight is 228 g/mol. The fraction of sp³-hybridized carbons (Fsp3) is 0.357. The van der Waals surface area contributed by atoms with Crippen LogP contribution in [0.4, 0.5) is 0 Å². The summed E-state index contributed by atoms with van der Waals surface area (Å²) in [6, 6.07) is 8.35. The van der Waals surface area contributed by atoms with E-state index in [1.165, 1.54) is 11.1 Å². The van der Waals surface area contributed by atoms with Gasteiger partial charge in [-0.05, 0) is 19.4 Å². The minimum atomic E-state index is 0.805. The lowest BCUT2D eigenvalue weighted by Crippen LogP contribution is -2.14. The van der Waals surface area contributed by atoms with E-state index in [-0.39, 0.29) is 0 Å². The van der Waals surface area contributed by atoms with E-state index in [1.54, 1.807) is 0 Å². The molecule has 3 nitrogen and oxygen atoms in total. The topological polar surface area (TPSA) is 27.1 Å². The lowest BCUT2D eigenvalue weighted by Gasteiger charge is -2.14. The molecular formula is C14H16N2O. The van der Waals surface area contributed by atoms with Crippen molar-refractivity contribution >= 4 is 0 Å². The third kappa shape index (κ3) is 1.62. The SMILES string of the molecule is Cc1ccccc1-c1nn2c(c1C)OCCC2. The Balaban J connectivity index is 2.16. The van der Waals surface area contributed by atoms with Crippen LogP contribution in [0.15, 0.2) is 24.3 Å². The summed E-state index contributed by atoms with van der Waals surface area (Å²) < 4.78 is 7.68. The van der Waals surface area contributed by atoms with Gasteiger partial charge in [-0.25, -0.2) is 4.68 Å². The van der Waals surface area contributed by atoms with Crippen LogP contribution in [0.25, 0.3) is 11.3 Å². The highest BCUT2D eigenvalue weighted by Crippen LogP contribution is 2.32. The van der Waals surface area contributed by atoms with Gasteiger partial charge in [0.25, 0.3) is 0 Å². The summed E-state index contributed by atoms with van der Waals surface area (Å²) in [6.45, 7) is 5.97. The molecule has 0 saturated heterocycles. The third-order valence-corrected chi connectivity index (χ3v) is 3.28. The maximum Gasteiger partial charge on any atom is 0.215 e. The van der Waals surface area contributed by atoms with Crippen LogP contribution in [0.3, 0.4) is 0 Å². The van der Waals surface area contributed by atoms with Crippen LogP contribution in [0.1, 0.15) is 17.5 Å². The van der Waals surface area contributed by atoms with E-state index in [4.69, 9.17) is 4.74 Å². The van der Waals surface area contributed by atoms with E-state index in [2.05, 4.69) is 43.2 Å². The zero-order valence-corrected chi connectivity index (χ0v) is 10.2. The number of rotatable bonds is 1. The minimum Gasteiger partial charge on any atom is -0.478 e. The van der Waals surface area contributed by atoms with E-state index >= 15 is 0 Å². The molecule has 0 fully saturated rings. The molecule has 1 aromatic heterocycles. The molecule has 2 heterocycles. The minimum absolute atomic E-state index is 0.805. The molecule has 0 atom stereocenters. The number of hydrogen-bond donors (Lipinski definition) is 0. The Morgan fingerprint density at radius 3 is 2.82 bits per heavy atom. The molecular weight excluding hydrogens is 212 g/mol. The van der Waals surface area contributed by atoms with Gasteiger partial charge in [-0.1, -0.05) is 24.3 Å². The number of fused-ring (bicyclic) bond motifs is 1. The van der Waals surface area contributed by atoms with Gasteiger partial charge in [-0.15, -0.1) is 0 Å². The summed E-state index contributed by atoms with van der Waals surface area (Å²) >= 11 is 0. The molecule has 0 amide bonds. The standard InChI is InChI=1S/C14H16N2O/c1-10-6-3-4-7-12(10)13-11(2)14-16(15-13)8-5-9-17-14/h3-4,6-7H,5,8-9H2,1-2H3. The molecule has 1 aliphatic heterocycles. The Kier molecular flexibility index (Phi) is 2.39. The molecule has 1 aromatic carbocycles. The number of benzene rings is 1. The number of hydrogen-bond acceptors (Lipinski definition) is 2. The molecule has 3 rings (SSSR count). The van der Waals surface area contributed by atoms with Crippen LogP contribution in [0, 0.1) is 13.8 Å². The Morgan fingerprint density at radius 2 is 2.06 bits per heavy atom. The first kappa shape index (κ1) is 10.4. The number of nitrogens with zero attached hydrogens (tertiary/aromatic N) is 2. The molecule has 0 unspecified atom stereocenters. The fourth-order valence-electron chi connectivity index (χ4n) is 2.35. The van der Waals surface area contributed by atoms with Gasteiger partial charge >= 0.3 is 0 Å². The predicted molar refractivity (Wildman–Crippen MR) is 67.2 cm³/mol. The summed E-state index contributed by atoms with van der Waals surface area (Å²) in [5, 5.41) is 4.67. The van der Waals surface area contributed by atoms with Gasteiger partial charge in [-0.2, -0.15) is 5.10 Å². The molecule has 2 aromatic rings. The van der Waals surface area contributed by atoms with E-state index in [0.29, 0.717) is 0 Å². The lowest BCUT2D eigenvalue weighted by molar-refractivity contribution is 0.229. The number of aryl methyl sites for hydroxylation is 2. The largest absolute Gasteiger partial charge is 0.478 e. The molecule has 88 valence electrons. The Bertz CT molecular complexity index is 557. The van der Waals surface area contributed by atoms with Crippen molar-refractivity contribution in [3.05, 3.63) is 35.4 Å². The maximum atomic E-state index is 5.70. The zero-order chi connectivity index (χ0) is 11.8. The predicted octanol–water partition coefficient (Wildman–Crippen LogP) is 2.95. The van der Waals surface area contributed by atoms with Crippen molar-refractivity contribution in [1.29, 1.82) is 0 Å².